The lowest BCUT2D eigenvalue weighted by atomic mass is 10.3. The van der Waals surface area contributed by atoms with Gasteiger partial charge in [-0.25, -0.2) is 0 Å². The molecule has 0 saturated carbocycles. The summed E-state index contributed by atoms with van der Waals surface area (Å²) >= 11 is 0. The molecular weight excluding hydrogens is 116 g/mol. The van der Waals surface area contributed by atoms with Gasteiger partial charge < -0.3 is 4.74 Å². The van der Waals surface area contributed by atoms with Crippen molar-refractivity contribution >= 4 is 5.97 Å². The molecule has 2 nitrogen and oxygen atoms in total. The Bertz CT molecular complexity index is 86.9. The number of esters is 1. The van der Waals surface area contributed by atoms with E-state index in [4.69, 9.17) is 0 Å². The molecule has 0 aliphatic carbocycles. The van der Waals surface area contributed by atoms with Gasteiger partial charge in [0.1, 0.15) is 0 Å². The first kappa shape index (κ1) is 11.1. The maximum absolute atomic E-state index is 10.3. The molecule has 2 heteroatoms. The molecule has 0 aromatic carbocycles. The van der Waals surface area contributed by atoms with Crippen LogP contribution in [-0.2, 0) is 9.53 Å². The lowest BCUT2D eigenvalue weighted by Gasteiger charge is -1.92. The Morgan fingerprint density at radius 3 is 2.67 bits per heavy atom. The first-order valence-corrected chi connectivity index (χ1v) is 2.61. The molecular formula is C7H14O2. The molecule has 0 atom stereocenters. The van der Waals surface area contributed by atoms with Crippen LogP contribution in [0.2, 0.25) is 0 Å². The quantitative estimate of drug-likeness (QED) is 0.432. The highest BCUT2D eigenvalue weighted by molar-refractivity contribution is 5.69. The van der Waals surface area contributed by atoms with Crippen LogP contribution in [0.15, 0.2) is 12.8 Å². The van der Waals surface area contributed by atoms with E-state index in [1.807, 2.05) is 6.92 Å². The van der Waals surface area contributed by atoms with Crippen LogP contribution in [0.3, 0.4) is 0 Å². The van der Waals surface area contributed by atoms with Gasteiger partial charge >= 0.3 is 5.97 Å². The zero-order valence-corrected chi connectivity index (χ0v) is 5.02. The second-order valence-electron chi connectivity index (χ2n) is 1.41. The largest absolute Gasteiger partial charge is 0.435 e. The van der Waals surface area contributed by atoms with E-state index >= 15 is 0 Å². The molecule has 0 N–H and O–H groups in total. The van der Waals surface area contributed by atoms with E-state index in [0.717, 1.165) is 12.7 Å². The Hall–Kier alpha value is -0.790. The topological polar surface area (TPSA) is 26.3 Å². The highest BCUT2D eigenvalue weighted by atomic mass is 16.5. The average molecular weight is 130 g/mol. The zero-order valence-electron chi connectivity index (χ0n) is 5.02. The van der Waals surface area contributed by atoms with Gasteiger partial charge in [0, 0.05) is 6.42 Å². The monoisotopic (exact) mass is 130 g/mol. The summed E-state index contributed by atoms with van der Waals surface area (Å²) in [7, 11) is 0. The van der Waals surface area contributed by atoms with Crippen LogP contribution in [0.4, 0.5) is 0 Å². The molecule has 0 spiro atoms. The Labute approximate surface area is 56.5 Å². The van der Waals surface area contributed by atoms with Crippen LogP contribution in [0, 0.1) is 0 Å². The summed E-state index contributed by atoms with van der Waals surface area (Å²) in [6, 6.07) is 0. The van der Waals surface area contributed by atoms with Gasteiger partial charge in [-0.3, -0.25) is 4.79 Å². The van der Waals surface area contributed by atoms with Crippen molar-refractivity contribution in [3.05, 3.63) is 12.8 Å². The molecule has 9 heavy (non-hydrogen) atoms. The Morgan fingerprint density at radius 2 is 2.33 bits per heavy atom. The van der Waals surface area contributed by atoms with E-state index in [0.29, 0.717) is 6.42 Å². The van der Waals surface area contributed by atoms with Crippen molar-refractivity contribution in [3.63, 3.8) is 0 Å². The minimum Gasteiger partial charge on any atom is -0.435 e. The molecule has 0 heterocycles. The van der Waals surface area contributed by atoms with Crippen molar-refractivity contribution in [2.24, 2.45) is 0 Å². The number of ether oxygens (including phenoxy) is 1. The molecule has 54 valence electrons. The molecule has 0 unspecified atom stereocenters. The third-order valence-electron chi connectivity index (χ3n) is 0.669. The van der Waals surface area contributed by atoms with Crippen molar-refractivity contribution in [3.8, 4) is 0 Å². The first-order valence-electron chi connectivity index (χ1n) is 2.61. The number of rotatable bonds is 3. The second kappa shape index (κ2) is 7.21. The minimum atomic E-state index is -0.206. The smallest absolute Gasteiger partial charge is 0.310 e. The first-order chi connectivity index (χ1) is 3.81. The van der Waals surface area contributed by atoms with Crippen LogP contribution >= 0.6 is 0 Å². The predicted octanol–water partition coefficient (Wildman–Crippen LogP) is 2.11. The van der Waals surface area contributed by atoms with Crippen molar-refractivity contribution < 1.29 is 9.53 Å². The summed E-state index contributed by atoms with van der Waals surface area (Å²) in [6.07, 6.45) is 2.46. The van der Waals surface area contributed by atoms with Crippen LogP contribution in [0.5, 0.6) is 0 Å². The maximum atomic E-state index is 10.3. The highest BCUT2D eigenvalue weighted by Crippen LogP contribution is 1.89. The Balaban J connectivity index is 0. The van der Waals surface area contributed by atoms with Crippen molar-refractivity contribution in [1.82, 2.24) is 0 Å². The fraction of sp³-hybridized carbons (Fsp3) is 0.571. The molecule has 0 rings (SSSR count). The van der Waals surface area contributed by atoms with Gasteiger partial charge in [0.15, 0.2) is 0 Å². The van der Waals surface area contributed by atoms with Crippen LogP contribution in [-0.4, -0.2) is 5.97 Å². The summed E-state index contributed by atoms with van der Waals surface area (Å²) in [5.41, 5.74) is 0. The van der Waals surface area contributed by atoms with E-state index in [1.54, 1.807) is 0 Å². The molecule has 0 bridgehead atoms. The number of hydrogen-bond acceptors (Lipinski definition) is 2. The molecule has 0 aromatic heterocycles. The van der Waals surface area contributed by atoms with Crippen LogP contribution in [0.25, 0.3) is 0 Å². The highest BCUT2D eigenvalue weighted by Gasteiger charge is 1.94. The van der Waals surface area contributed by atoms with Gasteiger partial charge in [-0.1, -0.05) is 20.9 Å². The van der Waals surface area contributed by atoms with E-state index < -0.39 is 0 Å². The molecule has 0 fully saturated rings. The maximum Gasteiger partial charge on any atom is 0.310 e. The molecule has 0 aliphatic heterocycles. The summed E-state index contributed by atoms with van der Waals surface area (Å²) in [6.45, 7) is 5.16. The van der Waals surface area contributed by atoms with Crippen molar-refractivity contribution in [2.75, 3.05) is 0 Å². The third-order valence-corrected chi connectivity index (χ3v) is 0.669. The minimum absolute atomic E-state index is 0. The van der Waals surface area contributed by atoms with Crippen molar-refractivity contribution in [1.29, 1.82) is 0 Å². The normalized spacial score (nSPS) is 7.22. The summed E-state index contributed by atoms with van der Waals surface area (Å²) < 4.78 is 4.41. The average Bonchev–Trinajstić information content (AvgIpc) is 1.68. The number of hydrogen-bond donors (Lipinski definition) is 0. The third kappa shape index (κ3) is 7.21. The van der Waals surface area contributed by atoms with Crippen LogP contribution < -0.4 is 0 Å². The standard InChI is InChI=1S/C6H10O2.CH4/c1-3-5-6(7)8-4-2;/h4H,2-3,5H2,1H3;1H4. The fourth-order valence-corrected chi connectivity index (χ4v) is 0.356. The van der Waals surface area contributed by atoms with Gasteiger partial charge in [-0.15, -0.1) is 0 Å². The number of carbonyl (C=O) groups is 1. The van der Waals surface area contributed by atoms with Gasteiger partial charge in [0.05, 0.1) is 6.26 Å². The van der Waals surface area contributed by atoms with Crippen LogP contribution in [0.1, 0.15) is 27.2 Å². The molecule has 0 radical (unpaired) electrons. The van der Waals surface area contributed by atoms with Crippen molar-refractivity contribution in [2.45, 2.75) is 27.2 Å². The predicted molar refractivity (Wildman–Crippen MR) is 37.9 cm³/mol. The van der Waals surface area contributed by atoms with E-state index in [9.17, 15) is 4.79 Å². The SMILES string of the molecule is C.C=COC(=O)CCC. The van der Waals surface area contributed by atoms with E-state index in [1.165, 1.54) is 0 Å². The molecule has 0 aliphatic rings. The van der Waals surface area contributed by atoms with E-state index in [-0.39, 0.29) is 13.4 Å². The number of carbonyl (C=O) groups excluding carboxylic acids is 1. The second-order valence-corrected chi connectivity index (χ2v) is 1.41. The van der Waals surface area contributed by atoms with Gasteiger partial charge in [0.2, 0.25) is 0 Å². The van der Waals surface area contributed by atoms with Gasteiger partial charge in [-0.2, -0.15) is 0 Å². The zero-order chi connectivity index (χ0) is 6.41. The lowest BCUT2D eigenvalue weighted by molar-refractivity contribution is -0.137. The molecule has 0 aromatic rings. The molecule has 0 saturated heterocycles. The van der Waals surface area contributed by atoms with Gasteiger partial charge in [-0.05, 0) is 6.42 Å². The van der Waals surface area contributed by atoms with Gasteiger partial charge in [0.25, 0.3) is 0 Å². The molecule has 0 amide bonds. The Kier molecular flexibility index (Phi) is 8.87. The fourth-order valence-electron chi connectivity index (χ4n) is 0.356. The summed E-state index contributed by atoms with van der Waals surface area (Å²) in [4.78, 5) is 10.3. The lowest BCUT2D eigenvalue weighted by Crippen LogP contribution is -1.96. The Morgan fingerprint density at radius 1 is 1.78 bits per heavy atom. The summed E-state index contributed by atoms with van der Waals surface area (Å²) in [5.74, 6) is -0.206. The summed E-state index contributed by atoms with van der Waals surface area (Å²) in [5, 5.41) is 0. The van der Waals surface area contributed by atoms with E-state index in [2.05, 4.69) is 11.3 Å².